The van der Waals surface area contributed by atoms with E-state index in [-0.39, 0.29) is 43.6 Å². The van der Waals surface area contributed by atoms with Crippen LogP contribution in [0.5, 0.6) is 5.75 Å². The predicted octanol–water partition coefficient (Wildman–Crippen LogP) is 5.53. The van der Waals surface area contributed by atoms with Gasteiger partial charge in [-0.3, -0.25) is 24.1 Å². The number of anilines is 2. The van der Waals surface area contributed by atoms with Crippen molar-refractivity contribution in [2.75, 3.05) is 23.0 Å². The highest BCUT2D eigenvalue weighted by molar-refractivity contribution is 6.58. The largest absolute Gasteiger partial charge is 0.491 e. The quantitative estimate of drug-likeness (QED) is 0.201. The number of carbonyl (C=O) groups excluding carboxylic acids is 4. The number of allylic oxidation sites excluding steroid dienone is 2. The molecule has 3 fully saturated rings. The summed E-state index contributed by atoms with van der Waals surface area (Å²) < 4.78 is 19.4. The summed E-state index contributed by atoms with van der Waals surface area (Å²) in [7, 11) is 0. The zero-order valence-electron chi connectivity index (χ0n) is 25.4. The Bertz CT molecular complexity index is 1810. The predicted molar refractivity (Wildman–Crippen MR) is 174 cm³/mol. The Morgan fingerprint density at radius 3 is 2.13 bits per heavy atom. The summed E-state index contributed by atoms with van der Waals surface area (Å²) in [6.07, 6.45) is 2.76. The zero-order valence-corrected chi connectivity index (χ0v) is 26.9. The van der Waals surface area contributed by atoms with Crippen molar-refractivity contribution < 1.29 is 33.4 Å². The number of alkyl halides is 2. The fraction of sp³-hybridized carbons (Fsp3) is 0.333. The lowest BCUT2D eigenvalue weighted by atomic mass is 9.56. The Morgan fingerprint density at radius 2 is 1.49 bits per heavy atom. The molecule has 2 saturated heterocycles. The summed E-state index contributed by atoms with van der Waals surface area (Å²) in [5.41, 5.74) is 2.87. The molecule has 0 unspecified atom stereocenters. The molecule has 2 heterocycles. The number of imide groups is 2. The first-order valence-corrected chi connectivity index (χ1v) is 16.3. The van der Waals surface area contributed by atoms with E-state index in [1.165, 1.54) is 17.0 Å². The molecule has 1 N–H and O–H groups in total. The Kier molecular flexibility index (Phi) is 7.77. The molecule has 3 aromatic rings. The van der Waals surface area contributed by atoms with Gasteiger partial charge in [-0.2, -0.15) is 0 Å². The Morgan fingerprint density at radius 1 is 0.851 bits per heavy atom. The van der Waals surface area contributed by atoms with Crippen molar-refractivity contribution in [1.82, 2.24) is 0 Å². The van der Waals surface area contributed by atoms with E-state index >= 15 is 0 Å². The number of benzene rings is 3. The minimum Gasteiger partial charge on any atom is -0.491 e. The highest BCUT2D eigenvalue weighted by Gasteiger charge is 2.76. The molecule has 8 nitrogen and oxygen atoms in total. The number of nitrogens with zero attached hydrogens (tertiary/aromatic N) is 2. The number of rotatable bonds is 7. The molecule has 2 aliphatic carbocycles. The maximum absolute atomic E-state index is 14.4. The van der Waals surface area contributed by atoms with Crippen LogP contribution in [-0.4, -0.2) is 51.7 Å². The van der Waals surface area contributed by atoms with Gasteiger partial charge in [0.15, 0.2) is 9.75 Å². The van der Waals surface area contributed by atoms with Crippen LogP contribution in [0.25, 0.3) is 0 Å². The van der Waals surface area contributed by atoms with Crippen LogP contribution in [0.4, 0.5) is 15.8 Å². The van der Waals surface area contributed by atoms with E-state index in [0.29, 0.717) is 22.6 Å². The highest BCUT2D eigenvalue weighted by Crippen LogP contribution is 2.66. The summed E-state index contributed by atoms with van der Waals surface area (Å²) in [6.45, 7) is 1.92. The second kappa shape index (κ2) is 11.6. The standard InChI is InChI=1S/C36H31Cl2FN2O6/c1-2-20-3-9-23(10-4-20)40-31(43)27-16-15-26-28(29(27)32(40)44)19-35(37)33(45)41(24-11-7-22(39)8-12-24)34(46)36(35,38)30(26)21-5-13-25(14-6-21)47-18-17-42/h3-15,27-30,42H,2,16-19H2,1H3/t27-,28+,29-,30-,35+,36-/m0/s1. The summed E-state index contributed by atoms with van der Waals surface area (Å²) in [5, 5.41) is 9.18. The van der Waals surface area contributed by atoms with Crippen molar-refractivity contribution in [3.8, 4) is 5.75 Å². The molecule has 0 bridgehead atoms. The van der Waals surface area contributed by atoms with Gasteiger partial charge in [-0.15, -0.1) is 23.2 Å². The molecule has 2 aliphatic heterocycles. The van der Waals surface area contributed by atoms with Gasteiger partial charge in [-0.1, -0.05) is 42.8 Å². The Hall–Kier alpha value is -4.05. The molecule has 0 radical (unpaired) electrons. The Labute approximate surface area is 280 Å². The van der Waals surface area contributed by atoms with E-state index in [1.54, 1.807) is 36.4 Å². The topological polar surface area (TPSA) is 104 Å². The molecule has 47 heavy (non-hydrogen) atoms. The zero-order chi connectivity index (χ0) is 33.2. The number of halogens is 3. The van der Waals surface area contributed by atoms with Crippen LogP contribution in [-0.2, 0) is 25.6 Å². The second-order valence-electron chi connectivity index (χ2n) is 12.4. The molecule has 7 rings (SSSR count). The van der Waals surface area contributed by atoms with E-state index < -0.39 is 51.1 Å². The van der Waals surface area contributed by atoms with Gasteiger partial charge in [-0.05, 0) is 84.8 Å². The normalized spacial score (nSPS) is 29.9. The first-order chi connectivity index (χ1) is 22.5. The number of aliphatic hydroxyl groups excluding tert-OH is 1. The monoisotopic (exact) mass is 676 g/mol. The van der Waals surface area contributed by atoms with E-state index in [9.17, 15) is 28.7 Å². The number of amides is 4. The fourth-order valence-electron chi connectivity index (χ4n) is 7.83. The van der Waals surface area contributed by atoms with E-state index in [1.807, 2.05) is 25.1 Å². The SMILES string of the molecule is CCc1ccc(N2C(=O)[C@H]3[C@H](CC=C4[C@H]3C[C@@]3(Cl)C(=O)N(c5ccc(F)cc5)C(=O)[C@@]3(Cl)[C@H]4c3ccc(OCCO)cc3)C2=O)cc1. The molecule has 0 aromatic heterocycles. The molecule has 4 aliphatic rings. The van der Waals surface area contributed by atoms with Crippen molar-refractivity contribution in [1.29, 1.82) is 0 Å². The van der Waals surface area contributed by atoms with Crippen LogP contribution in [0.3, 0.4) is 0 Å². The summed E-state index contributed by atoms with van der Waals surface area (Å²) in [6, 6.07) is 19.0. The Balaban J connectivity index is 1.35. The molecule has 6 atom stereocenters. The van der Waals surface area contributed by atoms with Crippen molar-refractivity contribution in [3.63, 3.8) is 0 Å². The molecular weight excluding hydrogens is 646 g/mol. The lowest BCUT2D eigenvalue weighted by molar-refractivity contribution is -0.125. The van der Waals surface area contributed by atoms with Crippen LogP contribution in [0, 0.1) is 23.6 Å². The lowest BCUT2D eigenvalue weighted by Crippen LogP contribution is -2.60. The number of fused-ring (bicyclic) bond motifs is 4. The second-order valence-corrected chi connectivity index (χ2v) is 13.7. The maximum Gasteiger partial charge on any atom is 0.258 e. The number of ether oxygens (including phenoxy) is 1. The van der Waals surface area contributed by atoms with Gasteiger partial charge in [0.2, 0.25) is 11.8 Å². The molecule has 4 amide bonds. The van der Waals surface area contributed by atoms with Crippen LogP contribution in [0.1, 0.15) is 36.8 Å². The van der Waals surface area contributed by atoms with Gasteiger partial charge in [0, 0.05) is 5.92 Å². The first-order valence-electron chi connectivity index (χ1n) is 15.6. The fourth-order valence-corrected chi connectivity index (χ4v) is 8.76. The van der Waals surface area contributed by atoms with Gasteiger partial charge in [0.1, 0.15) is 18.2 Å². The number of hydrogen-bond acceptors (Lipinski definition) is 6. The van der Waals surface area contributed by atoms with Crippen LogP contribution < -0.4 is 14.5 Å². The average Bonchev–Trinajstić information content (AvgIpc) is 3.42. The minimum absolute atomic E-state index is 0.0801. The van der Waals surface area contributed by atoms with Crippen LogP contribution >= 0.6 is 23.2 Å². The van der Waals surface area contributed by atoms with E-state index in [0.717, 1.165) is 29.0 Å². The van der Waals surface area contributed by atoms with Crippen molar-refractivity contribution in [3.05, 3.63) is 101 Å². The van der Waals surface area contributed by atoms with Crippen LogP contribution in [0.15, 0.2) is 84.4 Å². The van der Waals surface area contributed by atoms with Gasteiger partial charge in [0.25, 0.3) is 11.8 Å². The van der Waals surface area contributed by atoms with Crippen LogP contribution in [0.2, 0.25) is 0 Å². The summed E-state index contributed by atoms with van der Waals surface area (Å²) in [4.78, 5) is 55.0. The molecule has 11 heteroatoms. The molecular formula is C36H31Cl2FN2O6. The third-order valence-electron chi connectivity index (χ3n) is 10.1. The third-order valence-corrected chi connectivity index (χ3v) is 11.5. The van der Waals surface area contributed by atoms with Gasteiger partial charge in [0.05, 0.1) is 29.8 Å². The first kappa shape index (κ1) is 31.5. The molecule has 0 spiro atoms. The number of aliphatic hydroxyl groups is 1. The maximum atomic E-state index is 14.4. The van der Waals surface area contributed by atoms with Gasteiger partial charge < -0.3 is 9.84 Å². The smallest absolute Gasteiger partial charge is 0.258 e. The number of hydrogen-bond donors (Lipinski definition) is 1. The highest BCUT2D eigenvalue weighted by atomic mass is 35.5. The van der Waals surface area contributed by atoms with E-state index in [4.69, 9.17) is 27.9 Å². The van der Waals surface area contributed by atoms with Crippen molar-refractivity contribution >= 4 is 58.2 Å². The summed E-state index contributed by atoms with van der Waals surface area (Å²) in [5.74, 6) is -5.48. The third kappa shape index (κ3) is 4.58. The van der Waals surface area contributed by atoms with Crippen molar-refractivity contribution in [2.45, 2.75) is 41.9 Å². The summed E-state index contributed by atoms with van der Waals surface area (Å²) >= 11 is 14.8. The number of aryl methyl sites for hydroxylation is 1. The van der Waals surface area contributed by atoms with Gasteiger partial charge >= 0.3 is 0 Å². The van der Waals surface area contributed by atoms with Crippen molar-refractivity contribution in [2.24, 2.45) is 17.8 Å². The minimum atomic E-state index is -2.02. The van der Waals surface area contributed by atoms with E-state index in [2.05, 4.69) is 0 Å². The van der Waals surface area contributed by atoms with Gasteiger partial charge in [-0.25, -0.2) is 9.29 Å². The number of carbonyl (C=O) groups is 4. The molecule has 3 aromatic carbocycles. The lowest BCUT2D eigenvalue weighted by Gasteiger charge is -2.50. The average molecular weight is 678 g/mol. The molecule has 1 saturated carbocycles. The molecule has 242 valence electrons.